The van der Waals surface area contributed by atoms with Gasteiger partial charge >= 0.3 is 15.6 Å². The fourth-order valence-electron chi connectivity index (χ4n) is 2.98. The van der Waals surface area contributed by atoms with E-state index in [1.54, 1.807) is 24.3 Å². The third-order valence-corrected chi connectivity index (χ3v) is 5.62. The summed E-state index contributed by atoms with van der Waals surface area (Å²) in [5.74, 6) is -0.351. The van der Waals surface area contributed by atoms with Gasteiger partial charge in [0, 0.05) is 17.0 Å². The SMILES string of the molecule is CC(OS(=O)(=O)C(F)(F)F)=C1C[C@H](c2ccccc2)O[C@@H]1c1ccc(Cl)cc1. The quantitative estimate of drug-likeness (QED) is 0.354. The smallest absolute Gasteiger partial charge is 0.381 e. The third kappa shape index (κ3) is 4.34. The van der Waals surface area contributed by atoms with E-state index in [2.05, 4.69) is 4.18 Å². The van der Waals surface area contributed by atoms with Crippen LogP contribution >= 0.6 is 11.6 Å². The predicted octanol–water partition coefficient (Wildman–Crippen LogP) is 5.68. The van der Waals surface area contributed by atoms with Crippen LogP contribution < -0.4 is 0 Å². The van der Waals surface area contributed by atoms with Gasteiger partial charge in [0.05, 0.1) is 6.10 Å². The van der Waals surface area contributed by atoms with E-state index in [-0.39, 0.29) is 12.2 Å². The van der Waals surface area contributed by atoms with E-state index in [0.29, 0.717) is 16.2 Å². The first-order valence-electron chi connectivity index (χ1n) is 8.25. The molecule has 3 rings (SSSR count). The minimum absolute atomic E-state index is 0.191. The van der Waals surface area contributed by atoms with Crippen molar-refractivity contribution in [1.82, 2.24) is 0 Å². The maximum Gasteiger partial charge on any atom is 0.534 e. The summed E-state index contributed by atoms with van der Waals surface area (Å²) in [6.45, 7) is 1.19. The summed E-state index contributed by atoms with van der Waals surface area (Å²) in [5.41, 5.74) is -3.74. The Kier molecular flexibility index (Phi) is 5.74. The van der Waals surface area contributed by atoms with Crippen LogP contribution in [0.15, 0.2) is 65.9 Å². The fourth-order valence-corrected chi connectivity index (χ4v) is 3.63. The van der Waals surface area contributed by atoms with Crippen molar-refractivity contribution in [2.24, 2.45) is 0 Å². The molecule has 1 heterocycles. The molecular formula is C19H16ClF3O4S. The molecule has 0 radical (unpaired) electrons. The fraction of sp³-hybridized carbons (Fsp3) is 0.263. The zero-order valence-corrected chi connectivity index (χ0v) is 16.2. The number of ether oxygens (including phenoxy) is 1. The van der Waals surface area contributed by atoms with Crippen LogP contribution in [0.5, 0.6) is 0 Å². The lowest BCUT2D eigenvalue weighted by Gasteiger charge is -2.17. The average Bonchev–Trinajstić information content (AvgIpc) is 3.07. The lowest BCUT2D eigenvalue weighted by atomic mass is 9.97. The Bertz CT molecular complexity index is 970. The average molecular weight is 433 g/mol. The van der Waals surface area contributed by atoms with Crippen molar-refractivity contribution in [3.8, 4) is 0 Å². The largest absolute Gasteiger partial charge is 0.534 e. The van der Waals surface area contributed by atoms with Gasteiger partial charge in [0.15, 0.2) is 0 Å². The highest BCUT2D eigenvalue weighted by Gasteiger charge is 2.49. The van der Waals surface area contributed by atoms with Crippen LogP contribution in [0.3, 0.4) is 0 Å². The molecule has 0 spiro atoms. The van der Waals surface area contributed by atoms with E-state index >= 15 is 0 Å². The van der Waals surface area contributed by atoms with Crippen molar-refractivity contribution in [2.45, 2.75) is 31.1 Å². The lowest BCUT2D eigenvalue weighted by molar-refractivity contribution is -0.0522. The molecule has 0 aliphatic carbocycles. The van der Waals surface area contributed by atoms with Crippen molar-refractivity contribution >= 4 is 21.7 Å². The van der Waals surface area contributed by atoms with Crippen LogP contribution in [0.4, 0.5) is 13.2 Å². The van der Waals surface area contributed by atoms with Gasteiger partial charge in [0.1, 0.15) is 11.9 Å². The van der Waals surface area contributed by atoms with Crippen molar-refractivity contribution in [3.63, 3.8) is 0 Å². The van der Waals surface area contributed by atoms with Crippen LogP contribution in [0.1, 0.15) is 36.7 Å². The second-order valence-corrected chi connectivity index (χ2v) is 8.21. The summed E-state index contributed by atoms with van der Waals surface area (Å²) >= 11 is 5.90. The Labute approximate surface area is 165 Å². The standard InChI is InChI=1S/C19H16ClF3O4S/c1-12(27-28(24,25)19(21,22)23)16-11-17(13-5-3-2-4-6-13)26-18(16)14-7-9-15(20)10-8-14/h2-10,17-18H,11H2,1H3/t17-,18-/m1/s1. The molecule has 2 atom stereocenters. The van der Waals surface area contributed by atoms with Gasteiger partial charge in [0.25, 0.3) is 0 Å². The van der Waals surface area contributed by atoms with Gasteiger partial charge < -0.3 is 8.92 Å². The van der Waals surface area contributed by atoms with Gasteiger partial charge in [0.2, 0.25) is 0 Å². The number of benzene rings is 2. The third-order valence-electron chi connectivity index (χ3n) is 4.34. The monoisotopic (exact) mass is 432 g/mol. The van der Waals surface area contributed by atoms with E-state index in [1.807, 2.05) is 30.3 Å². The van der Waals surface area contributed by atoms with Crippen LogP contribution in [0.25, 0.3) is 0 Å². The number of allylic oxidation sites excluding steroid dienone is 1. The van der Waals surface area contributed by atoms with Crippen molar-refractivity contribution in [1.29, 1.82) is 0 Å². The molecule has 150 valence electrons. The second kappa shape index (κ2) is 7.77. The molecule has 1 saturated heterocycles. The van der Waals surface area contributed by atoms with Crippen LogP contribution in [-0.2, 0) is 19.0 Å². The topological polar surface area (TPSA) is 52.6 Å². The van der Waals surface area contributed by atoms with Crippen LogP contribution in [0.2, 0.25) is 5.02 Å². The summed E-state index contributed by atoms with van der Waals surface area (Å²) in [5, 5.41) is 0.486. The molecule has 0 amide bonds. The second-order valence-electron chi connectivity index (χ2n) is 6.24. The van der Waals surface area contributed by atoms with Crippen molar-refractivity contribution < 1.29 is 30.5 Å². The Morgan fingerprint density at radius 2 is 1.68 bits per heavy atom. The molecule has 1 aliphatic rings. The predicted molar refractivity (Wildman–Crippen MR) is 97.8 cm³/mol. The minimum Gasteiger partial charge on any atom is -0.381 e. The highest BCUT2D eigenvalue weighted by molar-refractivity contribution is 7.87. The molecule has 0 bridgehead atoms. The molecule has 1 fully saturated rings. The summed E-state index contributed by atoms with van der Waals surface area (Å²) in [6, 6.07) is 15.7. The zero-order valence-electron chi connectivity index (χ0n) is 14.6. The molecule has 0 saturated carbocycles. The van der Waals surface area contributed by atoms with Gasteiger partial charge in [-0.1, -0.05) is 54.1 Å². The van der Waals surface area contributed by atoms with Crippen molar-refractivity contribution in [2.75, 3.05) is 0 Å². The Hall–Kier alpha value is -2.03. The Morgan fingerprint density at radius 3 is 2.25 bits per heavy atom. The Morgan fingerprint density at radius 1 is 1.07 bits per heavy atom. The van der Waals surface area contributed by atoms with E-state index in [9.17, 15) is 21.6 Å². The first-order chi connectivity index (χ1) is 13.1. The van der Waals surface area contributed by atoms with Crippen LogP contribution in [0, 0.1) is 0 Å². The van der Waals surface area contributed by atoms with Gasteiger partial charge in [-0.3, -0.25) is 0 Å². The summed E-state index contributed by atoms with van der Waals surface area (Å²) in [4.78, 5) is 0. The molecule has 0 unspecified atom stereocenters. The minimum atomic E-state index is -5.76. The molecule has 2 aromatic carbocycles. The van der Waals surface area contributed by atoms with E-state index in [4.69, 9.17) is 16.3 Å². The highest BCUT2D eigenvalue weighted by Crippen LogP contribution is 2.47. The van der Waals surface area contributed by atoms with Crippen molar-refractivity contribution in [3.05, 3.63) is 82.1 Å². The van der Waals surface area contributed by atoms with Crippen LogP contribution in [-0.4, -0.2) is 13.9 Å². The maximum atomic E-state index is 12.7. The number of alkyl halides is 3. The number of hydrogen-bond acceptors (Lipinski definition) is 4. The zero-order chi connectivity index (χ0) is 20.5. The van der Waals surface area contributed by atoms with Gasteiger partial charge in [-0.15, -0.1) is 0 Å². The summed E-state index contributed by atoms with van der Waals surface area (Å²) in [7, 11) is -5.76. The number of rotatable bonds is 4. The molecule has 4 nitrogen and oxygen atoms in total. The number of halogens is 4. The first kappa shape index (κ1) is 20.7. The van der Waals surface area contributed by atoms with Gasteiger partial charge in [-0.05, 0) is 30.2 Å². The summed E-state index contributed by atoms with van der Waals surface area (Å²) < 4.78 is 71.4. The Balaban J connectivity index is 2.00. The molecule has 2 aromatic rings. The number of hydrogen-bond donors (Lipinski definition) is 0. The van der Waals surface area contributed by atoms with E-state index in [1.165, 1.54) is 6.92 Å². The molecule has 1 aliphatic heterocycles. The molecular weight excluding hydrogens is 417 g/mol. The van der Waals surface area contributed by atoms with Gasteiger partial charge in [-0.2, -0.15) is 21.6 Å². The normalized spacial score (nSPS) is 22.2. The molecule has 0 N–H and O–H groups in total. The molecule has 28 heavy (non-hydrogen) atoms. The first-order valence-corrected chi connectivity index (χ1v) is 10.0. The van der Waals surface area contributed by atoms with Gasteiger partial charge in [-0.25, -0.2) is 0 Å². The van der Waals surface area contributed by atoms with E-state index in [0.717, 1.165) is 5.56 Å². The molecule has 9 heteroatoms. The highest BCUT2D eigenvalue weighted by atomic mass is 35.5. The lowest BCUT2D eigenvalue weighted by Crippen LogP contribution is -2.25. The summed E-state index contributed by atoms with van der Waals surface area (Å²) in [6.07, 6.45) is -1.02. The molecule has 0 aromatic heterocycles. The van der Waals surface area contributed by atoms with E-state index < -0.39 is 27.8 Å². The maximum absolute atomic E-state index is 12.7.